The molecular weight excluding hydrogens is 470 g/mol. The maximum absolute atomic E-state index is 12.9. The highest BCUT2D eigenvalue weighted by Gasteiger charge is 2.54. The number of anilines is 1. The Hall–Kier alpha value is -1.38. The molecule has 9 nitrogen and oxygen atoms in total. The Bertz CT molecular complexity index is 936. The van der Waals surface area contributed by atoms with Crippen molar-refractivity contribution in [1.29, 1.82) is 0 Å². The number of amides is 1. The highest BCUT2D eigenvalue weighted by atomic mass is 28.4. The van der Waals surface area contributed by atoms with Crippen molar-refractivity contribution < 1.29 is 23.5 Å². The van der Waals surface area contributed by atoms with Gasteiger partial charge in [0.05, 0.1) is 6.61 Å². The van der Waals surface area contributed by atoms with Crippen LogP contribution >= 0.6 is 0 Å². The molecule has 1 aromatic rings. The van der Waals surface area contributed by atoms with Crippen LogP contribution in [0.5, 0.6) is 0 Å². The molecule has 1 aromatic heterocycles. The number of hydrogen-bond donors (Lipinski definition) is 2. The number of nitrogens with one attached hydrogen (secondary N) is 1. The Kier molecular flexibility index (Phi) is 8.44. The predicted molar refractivity (Wildman–Crippen MR) is 138 cm³/mol. The molecule has 34 heavy (non-hydrogen) atoms. The van der Waals surface area contributed by atoms with E-state index in [9.17, 15) is 14.7 Å². The van der Waals surface area contributed by atoms with Gasteiger partial charge in [0.1, 0.15) is 24.1 Å². The van der Waals surface area contributed by atoms with E-state index in [1.807, 2.05) is 0 Å². The monoisotopic (exact) mass is 513 g/mol. The van der Waals surface area contributed by atoms with Crippen molar-refractivity contribution in [3.8, 4) is 0 Å². The molecule has 0 saturated carbocycles. The van der Waals surface area contributed by atoms with Gasteiger partial charge in [-0.25, -0.2) is 4.79 Å². The molecule has 1 aliphatic heterocycles. The Labute approximate surface area is 205 Å². The van der Waals surface area contributed by atoms with E-state index in [2.05, 4.69) is 78.0 Å². The first-order chi connectivity index (χ1) is 15.3. The van der Waals surface area contributed by atoms with Crippen LogP contribution < -0.4 is 11.0 Å². The second-order valence-corrected chi connectivity index (χ2v) is 21.6. The van der Waals surface area contributed by atoms with Crippen molar-refractivity contribution in [1.82, 2.24) is 9.55 Å². The average molecular weight is 514 g/mol. The minimum absolute atomic E-state index is 0.0645. The number of rotatable bonds is 7. The van der Waals surface area contributed by atoms with Gasteiger partial charge in [-0.3, -0.25) is 9.36 Å². The van der Waals surface area contributed by atoms with Crippen LogP contribution in [0.3, 0.4) is 0 Å². The number of carbonyl (C=O) groups is 1. The number of hydrogen-bond acceptors (Lipinski definition) is 7. The SMILES string of the molecule is CC(=O)Nc1ccn([C@@H]2O[C@H](CO)[C@@H](O[Si](C)(C)C(C)(C)C)[C@H]2O[Si](C)(C)C(C)(C)C)c(=O)n1. The van der Waals surface area contributed by atoms with Crippen molar-refractivity contribution in [3.63, 3.8) is 0 Å². The van der Waals surface area contributed by atoms with Crippen LogP contribution in [-0.4, -0.2) is 62.1 Å². The summed E-state index contributed by atoms with van der Waals surface area (Å²) < 4.78 is 21.2. The number of carbonyl (C=O) groups excluding carboxylic acids is 1. The van der Waals surface area contributed by atoms with Gasteiger partial charge in [0.2, 0.25) is 5.91 Å². The minimum atomic E-state index is -2.32. The zero-order chi connectivity index (χ0) is 26.3. The summed E-state index contributed by atoms with van der Waals surface area (Å²) in [6.45, 7) is 22.6. The third-order valence-corrected chi connectivity index (χ3v) is 16.3. The molecule has 0 radical (unpaired) electrons. The molecule has 2 heterocycles. The first kappa shape index (κ1) is 28.9. The third-order valence-electron chi connectivity index (χ3n) is 7.35. The van der Waals surface area contributed by atoms with E-state index in [-0.39, 0.29) is 28.4 Å². The van der Waals surface area contributed by atoms with Crippen molar-refractivity contribution >= 4 is 28.4 Å². The van der Waals surface area contributed by atoms with Crippen LogP contribution in [0.2, 0.25) is 36.3 Å². The van der Waals surface area contributed by atoms with E-state index in [4.69, 9.17) is 13.6 Å². The minimum Gasteiger partial charge on any atom is -0.408 e. The molecule has 11 heteroatoms. The van der Waals surface area contributed by atoms with Crippen LogP contribution in [0.1, 0.15) is 54.7 Å². The van der Waals surface area contributed by atoms with Gasteiger partial charge in [0.25, 0.3) is 0 Å². The molecule has 0 unspecified atom stereocenters. The fraction of sp³-hybridized carbons (Fsp3) is 0.783. The van der Waals surface area contributed by atoms with Crippen LogP contribution in [0, 0.1) is 0 Å². The fourth-order valence-electron chi connectivity index (χ4n) is 3.24. The van der Waals surface area contributed by atoms with Crippen LogP contribution in [0.25, 0.3) is 0 Å². The lowest BCUT2D eigenvalue weighted by molar-refractivity contribution is -0.114. The second-order valence-electron chi connectivity index (χ2n) is 12.1. The molecule has 2 N–H and O–H groups in total. The summed E-state index contributed by atoms with van der Waals surface area (Å²) in [5, 5.41) is 12.6. The molecule has 4 atom stereocenters. The first-order valence-corrected chi connectivity index (χ1v) is 17.6. The Balaban J connectivity index is 2.56. The largest absolute Gasteiger partial charge is 0.408 e. The molecule has 2 rings (SSSR count). The van der Waals surface area contributed by atoms with Gasteiger partial charge in [-0.05, 0) is 42.3 Å². The summed E-state index contributed by atoms with van der Waals surface area (Å²) in [4.78, 5) is 28.3. The standard InChI is InChI=1S/C23H43N3O6Si2/c1-15(28)24-17-12-13-26(21(29)25-17)20-19(32-34(10,11)23(5,6)7)18(16(14-27)30-20)31-33(8,9)22(2,3)4/h12-13,16,18-20,27H,14H2,1-11H3,(H,24,25,28,29)/t16-,18-,19-,20-/m1/s1. The molecule has 1 aliphatic rings. The summed E-state index contributed by atoms with van der Waals surface area (Å²) in [5.41, 5.74) is -0.579. The maximum Gasteiger partial charge on any atom is 0.351 e. The molecular formula is C23H43N3O6Si2. The predicted octanol–water partition coefficient (Wildman–Crippen LogP) is 3.87. The van der Waals surface area contributed by atoms with Gasteiger partial charge < -0.3 is 24.0 Å². The summed E-state index contributed by atoms with van der Waals surface area (Å²) in [5.74, 6) is -0.148. The second kappa shape index (κ2) is 9.94. The van der Waals surface area contributed by atoms with Gasteiger partial charge in [-0.15, -0.1) is 0 Å². The van der Waals surface area contributed by atoms with Gasteiger partial charge in [-0.1, -0.05) is 41.5 Å². The zero-order valence-corrected chi connectivity index (χ0v) is 24.6. The fourth-order valence-corrected chi connectivity index (χ4v) is 5.84. The van der Waals surface area contributed by atoms with Gasteiger partial charge in [-0.2, -0.15) is 4.98 Å². The van der Waals surface area contributed by atoms with E-state index in [1.165, 1.54) is 17.7 Å². The molecule has 1 saturated heterocycles. The van der Waals surface area contributed by atoms with Crippen LogP contribution in [-0.2, 0) is 18.4 Å². The lowest BCUT2D eigenvalue weighted by Crippen LogP contribution is -2.54. The topological polar surface area (TPSA) is 112 Å². The lowest BCUT2D eigenvalue weighted by Gasteiger charge is -2.44. The number of aliphatic hydroxyl groups excluding tert-OH is 1. The molecule has 0 aromatic carbocycles. The smallest absolute Gasteiger partial charge is 0.351 e. The molecule has 0 bridgehead atoms. The summed E-state index contributed by atoms with van der Waals surface area (Å²) in [7, 11) is -4.59. The number of aromatic nitrogens is 2. The molecule has 0 spiro atoms. The third kappa shape index (κ3) is 6.24. The summed E-state index contributed by atoms with van der Waals surface area (Å²) in [6.07, 6.45) is -1.11. The molecule has 1 amide bonds. The summed E-state index contributed by atoms with van der Waals surface area (Å²) >= 11 is 0. The molecule has 1 fully saturated rings. The quantitative estimate of drug-likeness (QED) is 0.532. The van der Waals surface area contributed by atoms with Crippen LogP contribution in [0.15, 0.2) is 17.1 Å². The highest BCUT2D eigenvalue weighted by Crippen LogP contribution is 2.45. The zero-order valence-electron chi connectivity index (χ0n) is 22.6. The normalized spacial score (nSPS) is 24.4. The van der Waals surface area contributed by atoms with Crippen molar-refractivity contribution in [2.45, 2.75) is 109 Å². The van der Waals surface area contributed by atoms with E-state index in [0.717, 1.165) is 0 Å². The first-order valence-electron chi connectivity index (χ1n) is 11.8. The van der Waals surface area contributed by atoms with Gasteiger partial charge in [0.15, 0.2) is 22.9 Å². The van der Waals surface area contributed by atoms with E-state index >= 15 is 0 Å². The van der Waals surface area contributed by atoms with E-state index in [1.54, 1.807) is 6.07 Å². The number of ether oxygens (including phenoxy) is 1. The molecule has 194 valence electrons. The Morgan fingerprint density at radius 2 is 1.59 bits per heavy atom. The number of aliphatic hydroxyl groups is 1. The number of nitrogens with zero attached hydrogens (tertiary/aromatic N) is 2. The van der Waals surface area contributed by atoms with Gasteiger partial charge in [0, 0.05) is 13.1 Å². The van der Waals surface area contributed by atoms with E-state index < -0.39 is 46.9 Å². The van der Waals surface area contributed by atoms with Gasteiger partial charge >= 0.3 is 5.69 Å². The van der Waals surface area contributed by atoms with Crippen molar-refractivity contribution in [2.24, 2.45) is 0 Å². The average Bonchev–Trinajstić information content (AvgIpc) is 2.95. The van der Waals surface area contributed by atoms with Crippen molar-refractivity contribution in [2.75, 3.05) is 11.9 Å². The Morgan fingerprint density at radius 1 is 1.09 bits per heavy atom. The Morgan fingerprint density at radius 3 is 2.00 bits per heavy atom. The summed E-state index contributed by atoms with van der Waals surface area (Å²) in [6, 6.07) is 1.55. The van der Waals surface area contributed by atoms with Crippen LogP contribution in [0.4, 0.5) is 5.82 Å². The highest BCUT2D eigenvalue weighted by molar-refractivity contribution is 6.74. The maximum atomic E-state index is 12.9. The van der Waals surface area contributed by atoms with E-state index in [0.29, 0.717) is 0 Å². The molecule has 0 aliphatic carbocycles. The lowest BCUT2D eigenvalue weighted by atomic mass is 10.1. The van der Waals surface area contributed by atoms with Crippen molar-refractivity contribution in [3.05, 3.63) is 22.7 Å².